The van der Waals surface area contributed by atoms with Crippen LogP contribution >= 0.6 is 0 Å². The average Bonchev–Trinajstić information content (AvgIpc) is 2.72. The Labute approximate surface area is 171 Å². The van der Waals surface area contributed by atoms with Gasteiger partial charge in [0.2, 0.25) is 11.5 Å². The van der Waals surface area contributed by atoms with Crippen LogP contribution in [0.1, 0.15) is 0 Å². The molecule has 1 atom stereocenters. The first-order chi connectivity index (χ1) is 13.3. The van der Waals surface area contributed by atoms with Crippen molar-refractivity contribution in [1.82, 2.24) is 0 Å². The van der Waals surface area contributed by atoms with Crippen molar-refractivity contribution in [3.63, 3.8) is 0 Å². The molecule has 0 aromatic heterocycles. The van der Waals surface area contributed by atoms with Gasteiger partial charge in [0.05, 0.1) is 21.3 Å². The number of hydrogen-bond acceptors (Lipinski definition) is 6. The first-order valence-corrected chi connectivity index (χ1v) is 8.88. The molecule has 2 aromatic carbocycles. The Morgan fingerprint density at radius 1 is 0.964 bits per heavy atom. The standard InChI is InChI=1S/C20H25NO6.ClH/c1-22-15-6-4-7-16(23-2)19(15)25-11-10-21-12-14-13-26-20-17(24-3)8-5-9-18(20)27-14;/h4-9,14,21H,10-13H2,1-3H3;1H/t14-;/m1./s1. The van der Waals surface area contributed by atoms with E-state index in [2.05, 4.69) is 5.32 Å². The lowest BCUT2D eigenvalue weighted by Crippen LogP contribution is -3.00. The molecule has 0 unspecified atom stereocenters. The van der Waals surface area contributed by atoms with E-state index in [0.29, 0.717) is 47.7 Å². The van der Waals surface area contributed by atoms with Crippen molar-refractivity contribution in [2.75, 3.05) is 47.6 Å². The van der Waals surface area contributed by atoms with Crippen LogP contribution in [0.25, 0.3) is 0 Å². The van der Waals surface area contributed by atoms with Gasteiger partial charge in [-0.25, -0.2) is 0 Å². The van der Waals surface area contributed by atoms with Crippen LogP contribution in [0, 0.1) is 0 Å². The Hall–Kier alpha value is -2.51. The molecule has 2 aromatic rings. The topological polar surface area (TPSA) is 72.0 Å². The van der Waals surface area contributed by atoms with Crippen LogP contribution in [0.15, 0.2) is 36.4 Å². The largest absolute Gasteiger partial charge is 1.00 e. The lowest BCUT2D eigenvalue weighted by molar-refractivity contribution is -0.661. The van der Waals surface area contributed by atoms with Gasteiger partial charge in [0.1, 0.15) is 26.3 Å². The predicted octanol–water partition coefficient (Wildman–Crippen LogP) is -1.50. The third-order valence-corrected chi connectivity index (χ3v) is 4.25. The molecule has 1 heterocycles. The molecule has 1 aliphatic heterocycles. The number of ether oxygens (including phenoxy) is 6. The fraction of sp³-hybridized carbons (Fsp3) is 0.400. The summed E-state index contributed by atoms with van der Waals surface area (Å²) in [6, 6.07) is 11.2. The molecule has 154 valence electrons. The lowest BCUT2D eigenvalue weighted by atomic mass is 10.2. The van der Waals surface area contributed by atoms with Crippen molar-refractivity contribution in [1.29, 1.82) is 0 Å². The van der Waals surface area contributed by atoms with Gasteiger partial charge in [0.25, 0.3) is 0 Å². The van der Waals surface area contributed by atoms with Gasteiger partial charge in [0.15, 0.2) is 29.1 Å². The molecule has 28 heavy (non-hydrogen) atoms. The molecule has 7 nitrogen and oxygen atoms in total. The van der Waals surface area contributed by atoms with Crippen LogP contribution in [-0.4, -0.2) is 53.7 Å². The maximum absolute atomic E-state index is 6.00. The summed E-state index contributed by atoms with van der Waals surface area (Å²) in [7, 11) is 4.84. The number of methoxy groups -OCH3 is 3. The zero-order valence-corrected chi connectivity index (χ0v) is 17.0. The Morgan fingerprint density at radius 2 is 1.61 bits per heavy atom. The summed E-state index contributed by atoms with van der Waals surface area (Å²) < 4.78 is 33.6. The summed E-state index contributed by atoms with van der Waals surface area (Å²) in [5.74, 6) is 4.01. The highest BCUT2D eigenvalue weighted by atomic mass is 35.5. The number of rotatable bonds is 9. The fourth-order valence-electron chi connectivity index (χ4n) is 2.91. The smallest absolute Gasteiger partial charge is 0.203 e. The number of fused-ring (bicyclic) bond motifs is 1. The monoisotopic (exact) mass is 411 g/mol. The minimum absolute atomic E-state index is 0. The Morgan fingerprint density at radius 3 is 2.29 bits per heavy atom. The van der Waals surface area contributed by atoms with E-state index in [0.717, 1.165) is 13.1 Å². The molecule has 0 saturated carbocycles. The maximum Gasteiger partial charge on any atom is 0.203 e. The SMILES string of the molecule is COc1cccc(OC)c1OCC[NH2+]C[C@@H]1COc2c(OC)cccc2O1.[Cl-]. The second-order valence-corrected chi connectivity index (χ2v) is 5.99. The Balaban J connectivity index is 0.00000280. The summed E-state index contributed by atoms with van der Waals surface area (Å²) >= 11 is 0. The van der Waals surface area contributed by atoms with Gasteiger partial charge in [-0.2, -0.15) is 0 Å². The normalized spacial score (nSPS) is 14.6. The van der Waals surface area contributed by atoms with Gasteiger partial charge in [-0.3, -0.25) is 0 Å². The van der Waals surface area contributed by atoms with E-state index in [1.54, 1.807) is 21.3 Å². The van der Waals surface area contributed by atoms with Gasteiger partial charge in [0, 0.05) is 0 Å². The van der Waals surface area contributed by atoms with Gasteiger partial charge in [-0.15, -0.1) is 0 Å². The number of hydrogen-bond donors (Lipinski definition) is 1. The first kappa shape index (κ1) is 21.8. The van der Waals surface area contributed by atoms with Crippen molar-refractivity contribution in [2.45, 2.75) is 6.10 Å². The fourth-order valence-corrected chi connectivity index (χ4v) is 2.91. The van der Waals surface area contributed by atoms with Crippen LogP contribution in [0.3, 0.4) is 0 Å². The zero-order valence-electron chi connectivity index (χ0n) is 16.3. The lowest BCUT2D eigenvalue weighted by Gasteiger charge is -2.26. The molecule has 0 spiro atoms. The number of halogens is 1. The van der Waals surface area contributed by atoms with E-state index in [1.165, 1.54) is 0 Å². The molecular formula is C20H26ClNO6. The molecule has 0 radical (unpaired) electrons. The van der Waals surface area contributed by atoms with E-state index in [1.807, 2.05) is 36.4 Å². The van der Waals surface area contributed by atoms with Crippen LogP contribution in [0.5, 0.6) is 34.5 Å². The minimum atomic E-state index is -0.0228. The highest BCUT2D eigenvalue weighted by Crippen LogP contribution is 2.39. The van der Waals surface area contributed by atoms with Crippen LogP contribution in [0.2, 0.25) is 0 Å². The van der Waals surface area contributed by atoms with Crippen molar-refractivity contribution in [3.8, 4) is 34.5 Å². The molecule has 0 fully saturated rings. The quantitative estimate of drug-likeness (QED) is 0.506. The molecule has 0 amide bonds. The second kappa shape index (κ2) is 10.7. The third-order valence-electron chi connectivity index (χ3n) is 4.25. The zero-order chi connectivity index (χ0) is 19.1. The highest BCUT2D eigenvalue weighted by Gasteiger charge is 2.24. The minimum Gasteiger partial charge on any atom is -1.00 e. The Bertz CT molecular complexity index is 735. The summed E-state index contributed by atoms with van der Waals surface area (Å²) in [6.07, 6.45) is -0.0228. The van der Waals surface area contributed by atoms with Gasteiger partial charge in [-0.1, -0.05) is 12.1 Å². The summed E-state index contributed by atoms with van der Waals surface area (Å²) in [5, 5.41) is 2.14. The molecular weight excluding hydrogens is 386 g/mol. The number of benzene rings is 2. The van der Waals surface area contributed by atoms with Gasteiger partial charge < -0.3 is 46.1 Å². The molecule has 0 bridgehead atoms. The second-order valence-electron chi connectivity index (χ2n) is 5.99. The molecule has 0 saturated heterocycles. The third kappa shape index (κ3) is 5.05. The van der Waals surface area contributed by atoms with Crippen molar-refractivity contribution in [2.24, 2.45) is 0 Å². The summed E-state index contributed by atoms with van der Waals surface area (Å²) in [5.41, 5.74) is 0. The number of quaternary nitrogens is 1. The molecule has 3 rings (SSSR count). The molecule has 2 N–H and O–H groups in total. The predicted molar refractivity (Wildman–Crippen MR) is 99.6 cm³/mol. The highest BCUT2D eigenvalue weighted by molar-refractivity contribution is 5.52. The molecule has 0 aliphatic carbocycles. The van der Waals surface area contributed by atoms with Gasteiger partial charge in [-0.05, 0) is 24.3 Å². The first-order valence-electron chi connectivity index (χ1n) is 8.88. The van der Waals surface area contributed by atoms with Crippen molar-refractivity contribution < 1.29 is 46.1 Å². The van der Waals surface area contributed by atoms with Crippen molar-refractivity contribution >= 4 is 0 Å². The van der Waals surface area contributed by atoms with E-state index in [-0.39, 0.29) is 18.5 Å². The Kier molecular flexibility index (Phi) is 8.35. The van der Waals surface area contributed by atoms with E-state index in [9.17, 15) is 0 Å². The summed E-state index contributed by atoms with van der Waals surface area (Å²) in [4.78, 5) is 0. The van der Waals surface area contributed by atoms with Crippen molar-refractivity contribution in [3.05, 3.63) is 36.4 Å². The van der Waals surface area contributed by atoms with Crippen LogP contribution < -0.4 is 46.1 Å². The number of nitrogens with two attached hydrogens (primary N) is 1. The maximum atomic E-state index is 6.00. The number of para-hydroxylation sites is 2. The molecule has 8 heteroatoms. The average molecular weight is 412 g/mol. The summed E-state index contributed by atoms with van der Waals surface area (Å²) in [6.45, 7) is 2.55. The van der Waals surface area contributed by atoms with E-state index >= 15 is 0 Å². The van der Waals surface area contributed by atoms with E-state index < -0.39 is 0 Å². The van der Waals surface area contributed by atoms with Crippen LogP contribution in [-0.2, 0) is 0 Å². The van der Waals surface area contributed by atoms with Gasteiger partial charge >= 0.3 is 0 Å². The molecule has 1 aliphatic rings. The van der Waals surface area contributed by atoms with E-state index in [4.69, 9.17) is 28.4 Å². The van der Waals surface area contributed by atoms with Crippen LogP contribution in [0.4, 0.5) is 0 Å².